The number of hydrogen-bond donors (Lipinski definition) is 1. The Morgan fingerprint density at radius 1 is 1.15 bits per heavy atom. The molecule has 0 aliphatic rings. The Bertz CT molecular complexity index is 407. The third-order valence-electron chi connectivity index (χ3n) is 3.43. The van der Waals surface area contributed by atoms with Crippen molar-refractivity contribution in [2.24, 2.45) is 0 Å². The van der Waals surface area contributed by atoms with Gasteiger partial charge in [-0.05, 0) is 38.3 Å². The number of hydrogen-bond acceptors (Lipinski definition) is 3. The first-order chi connectivity index (χ1) is 9.49. The van der Waals surface area contributed by atoms with Crippen LogP contribution in [-0.2, 0) is 6.54 Å². The normalized spacial score (nSPS) is 11.2. The highest BCUT2D eigenvalue weighted by molar-refractivity contribution is 5.51. The topological polar surface area (TPSA) is 28.2 Å². The van der Waals surface area contributed by atoms with Gasteiger partial charge >= 0.3 is 0 Å². The number of nitrogens with zero attached hydrogens (tertiary/aromatic N) is 2. The van der Waals surface area contributed by atoms with Gasteiger partial charge in [0.1, 0.15) is 5.82 Å². The largest absolute Gasteiger partial charge is 0.356 e. The first-order valence-corrected chi connectivity index (χ1v) is 7.95. The smallest absolute Gasteiger partial charge is 0.133 e. The van der Waals surface area contributed by atoms with Crippen molar-refractivity contribution in [2.75, 3.05) is 18.0 Å². The van der Waals surface area contributed by atoms with Crippen LogP contribution in [0.5, 0.6) is 0 Å². The fraction of sp³-hybridized carbons (Fsp3) is 0.706. The summed E-state index contributed by atoms with van der Waals surface area (Å²) in [5.74, 6) is 1.18. The predicted octanol–water partition coefficient (Wildman–Crippen LogP) is 3.82. The SMILES string of the molecule is CCCN(CCC)c1nc(C)cc(C)c1CNC(C)C. The average molecular weight is 277 g/mol. The van der Waals surface area contributed by atoms with Crippen molar-refractivity contribution in [2.45, 2.75) is 67.0 Å². The third kappa shape index (κ3) is 4.78. The lowest BCUT2D eigenvalue weighted by atomic mass is 10.1. The van der Waals surface area contributed by atoms with Gasteiger partial charge < -0.3 is 10.2 Å². The van der Waals surface area contributed by atoms with Crippen LogP contribution >= 0.6 is 0 Å². The molecule has 0 saturated heterocycles. The van der Waals surface area contributed by atoms with Gasteiger partial charge in [0.15, 0.2) is 0 Å². The van der Waals surface area contributed by atoms with Gasteiger partial charge in [0, 0.05) is 36.9 Å². The summed E-state index contributed by atoms with van der Waals surface area (Å²) in [4.78, 5) is 7.28. The highest BCUT2D eigenvalue weighted by Crippen LogP contribution is 2.23. The van der Waals surface area contributed by atoms with Crippen molar-refractivity contribution >= 4 is 5.82 Å². The fourth-order valence-electron chi connectivity index (χ4n) is 2.49. The Labute approximate surface area is 124 Å². The van der Waals surface area contributed by atoms with Crippen molar-refractivity contribution in [1.29, 1.82) is 0 Å². The van der Waals surface area contributed by atoms with Crippen LogP contribution in [0.1, 0.15) is 57.4 Å². The molecule has 1 rings (SSSR count). The number of pyridine rings is 1. The zero-order valence-corrected chi connectivity index (χ0v) is 14.1. The first-order valence-electron chi connectivity index (χ1n) is 7.95. The van der Waals surface area contributed by atoms with Crippen LogP contribution < -0.4 is 10.2 Å². The molecule has 3 nitrogen and oxygen atoms in total. The monoisotopic (exact) mass is 277 g/mol. The maximum Gasteiger partial charge on any atom is 0.133 e. The average Bonchev–Trinajstić information content (AvgIpc) is 2.36. The summed E-state index contributed by atoms with van der Waals surface area (Å²) in [6.07, 6.45) is 2.32. The maximum absolute atomic E-state index is 4.84. The zero-order chi connectivity index (χ0) is 15.1. The summed E-state index contributed by atoms with van der Waals surface area (Å²) >= 11 is 0. The summed E-state index contributed by atoms with van der Waals surface area (Å²) in [5, 5.41) is 3.53. The molecule has 3 heteroatoms. The molecular formula is C17H31N3. The molecule has 0 spiro atoms. The zero-order valence-electron chi connectivity index (χ0n) is 14.1. The Kier molecular flexibility index (Phi) is 7.00. The van der Waals surface area contributed by atoms with Crippen LogP contribution in [0.3, 0.4) is 0 Å². The second kappa shape index (κ2) is 8.25. The minimum atomic E-state index is 0.495. The van der Waals surface area contributed by atoms with Crippen molar-refractivity contribution in [3.8, 4) is 0 Å². The molecule has 0 amide bonds. The third-order valence-corrected chi connectivity index (χ3v) is 3.43. The minimum absolute atomic E-state index is 0.495. The van der Waals surface area contributed by atoms with Gasteiger partial charge in [0.05, 0.1) is 0 Å². The summed E-state index contributed by atoms with van der Waals surface area (Å²) in [6, 6.07) is 2.69. The standard InChI is InChI=1S/C17H31N3/c1-7-9-20(10-8-2)17-16(12-18-13(3)4)14(5)11-15(6)19-17/h11,13,18H,7-10,12H2,1-6H3. The Morgan fingerprint density at radius 3 is 2.25 bits per heavy atom. The number of nitrogens with one attached hydrogen (secondary N) is 1. The molecule has 0 fully saturated rings. The van der Waals surface area contributed by atoms with Crippen molar-refractivity contribution in [3.63, 3.8) is 0 Å². The molecule has 20 heavy (non-hydrogen) atoms. The molecule has 0 unspecified atom stereocenters. The first kappa shape index (κ1) is 17.0. The van der Waals surface area contributed by atoms with Gasteiger partial charge in [0.2, 0.25) is 0 Å². The van der Waals surface area contributed by atoms with Gasteiger partial charge in [-0.3, -0.25) is 0 Å². The lowest BCUT2D eigenvalue weighted by Crippen LogP contribution is -2.30. The molecule has 0 atom stereocenters. The van der Waals surface area contributed by atoms with E-state index >= 15 is 0 Å². The molecule has 1 heterocycles. The van der Waals surface area contributed by atoms with Gasteiger partial charge in [-0.15, -0.1) is 0 Å². The second-order valence-electron chi connectivity index (χ2n) is 5.91. The van der Waals surface area contributed by atoms with E-state index in [0.717, 1.165) is 38.2 Å². The summed E-state index contributed by atoms with van der Waals surface area (Å²) < 4.78 is 0. The Morgan fingerprint density at radius 2 is 1.75 bits per heavy atom. The molecule has 0 radical (unpaired) electrons. The van der Waals surface area contributed by atoms with E-state index in [1.165, 1.54) is 16.9 Å². The maximum atomic E-state index is 4.84. The van der Waals surface area contributed by atoms with E-state index in [0.29, 0.717) is 6.04 Å². The van der Waals surface area contributed by atoms with Gasteiger partial charge in [-0.1, -0.05) is 27.7 Å². The van der Waals surface area contributed by atoms with E-state index in [2.05, 4.69) is 57.8 Å². The number of anilines is 1. The highest BCUT2D eigenvalue weighted by Gasteiger charge is 2.15. The van der Waals surface area contributed by atoms with Crippen molar-refractivity contribution in [1.82, 2.24) is 10.3 Å². The van der Waals surface area contributed by atoms with E-state index in [1.54, 1.807) is 0 Å². The molecule has 0 aliphatic carbocycles. The van der Waals surface area contributed by atoms with Crippen molar-refractivity contribution < 1.29 is 0 Å². The lowest BCUT2D eigenvalue weighted by molar-refractivity contribution is 0.584. The van der Waals surface area contributed by atoms with Crippen LogP contribution in [-0.4, -0.2) is 24.1 Å². The fourth-order valence-corrected chi connectivity index (χ4v) is 2.49. The minimum Gasteiger partial charge on any atom is -0.356 e. The van der Waals surface area contributed by atoms with Crippen LogP contribution in [0.2, 0.25) is 0 Å². The molecule has 0 aromatic carbocycles. The molecule has 0 bridgehead atoms. The Hall–Kier alpha value is -1.09. The molecule has 0 aliphatic heterocycles. The number of rotatable bonds is 8. The van der Waals surface area contributed by atoms with Gasteiger partial charge in [-0.25, -0.2) is 4.98 Å². The van der Waals surface area contributed by atoms with Gasteiger partial charge in [-0.2, -0.15) is 0 Å². The van der Waals surface area contributed by atoms with Crippen LogP contribution in [0.25, 0.3) is 0 Å². The van der Waals surface area contributed by atoms with E-state index in [4.69, 9.17) is 4.98 Å². The van der Waals surface area contributed by atoms with E-state index < -0.39 is 0 Å². The predicted molar refractivity (Wildman–Crippen MR) is 88.5 cm³/mol. The van der Waals surface area contributed by atoms with Crippen LogP contribution in [0, 0.1) is 13.8 Å². The highest BCUT2D eigenvalue weighted by atomic mass is 15.2. The van der Waals surface area contributed by atoms with Crippen LogP contribution in [0.4, 0.5) is 5.82 Å². The van der Waals surface area contributed by atoms with E-state index in [1.807, 2.05) is 0 Å². The molecule has 1 aromatic heterocycles. The summed E-state index contributed by atoms with van der Waals surface area (Å²) in [5.41, 5.74) is 3.81. The lowest BCUT2D eigenvalue weighted by Gasteiger charge is -2.27. The molecule has 1 N–H and O–H groups in total. The Balaban J connectivity index is 3.12. The molecule has 0 saturated carbocycles. The van der Waals surface area contributed by atoms with E-state index in [9.17, 15) is 0 Å². The molecule has 114 valence electrons. The van der Waals surface area contributed by atoms with Crippen LogP contribution in [0.15, 0.2) is 6.07 Å². The van der Waals surface area contributed by atoms with Gasteiger partial charge in [0.25, 0.3) is 0 Å². The number of aryl methyl sites for hydroxylation is 2. The molecule has 1 aromatic rings. The second-order valence-corrected chi connectivity index (χ2v) is 5.91. The van der Waals surface area contributed by atoms with E-state index in [-0.39, 0.29) is 0 Å². The number of aromatic nitrogens is 1. The summed E-state index contributed by atoms with van der Waals surface area (Å²) in [7, 11) is 0. The molecular weight excluding hydrogens is 246 g/mol. The van der Waals surface area contributed by atoms with Crippen molar-refractivity contribution in [3.05, 3.63) is 22.9 Å². The summed E-state index contributed by atoms with van der Waals surface area (Å²) in [6.45, 7) is 16.2. The quantitative estimate of drug-likeness (QED) is 0.783.